The molecule has 2 atom stereocenters. The van der Waals surface area contributed by atoms with Crippen molar-refractivity contribution >= 4 is 0 Å². The third-order valence-corrected chi connectivity index (χ3v) is 3.18. The Hall–Kier alpha value is -0.330. The Bertz CT molecular complexity index is 223. The maximum Gasteiger partial charge on any atom is 0.411 e. The van der Waals surface area contributed by atoms with Crippen LogP contribution in [0.5, 0.6) is 0 Å². The molecule has 1 saturated heterocycles. The molecule has 1 heterocycles. The summed E-state index contributed by atoms with van der Waals surface area (Å²) in [5.74, 6) is 0.455. The molecule has 1 fully saturated rings. The van der Waals surface area contributed by atoms with E-state index in [1.165, 1.54) is 0 Å². The van der Waals surface area contributed by atoms with Crippen molar-refractivity contribution in [2.24, 2.45) is 5.92 Å². The first-order chi connectivity index (χ1) is 7.94. The number of aliphatic hydroxyl groups excluding tert-OH is 1. The summed E-state index contributed by atoms with van der Waals surface area (Å²) in [6.45, 7) is 2.74. The van der Waals surface area contributed by atoms with Gasteiger partial charge in [0.1, 0.15) is 6.61 Å². The quantitative estimate of drug-likeness (QED) is 0.733. The number of halogens is 3. The Balaban J connectivity index is 2.11. The van der Waals surface area contributed by atoms with E-state index in [2.05, 4.69) is 16.6 Å². The maximum absolute atomic E-state index is 11.8. The molecule has 0 bridgehead atoms. The number of alkyl halides is 3. The first kappa shape index (κ1) is 14.7. The summed E-state index contributed by atoms with van der Waals surface area (Å²) in [5.41, 5.74) is 0. The summed E-state index contributed by atoms with van der Waals surface area (Å²) >= 11 is 0. The van der Waals surface area contributed by atoms with Crippen molar-refractivity contribution < 1.29 is 23.0 Å². The van der Waals surface area contributed by atoms with Gasteiger partial charge in [0.15, 0.2) is 0 Å². The molecule has 0 saturated carbocycles. The van der Waals surface area contributed by atoms with Crippen LogP contribution in [0.15, 0.2) is 0 Å². The van der Waals surface area contributed by atoms with Crippen molar-refractivity contribution in [3.05, 3.63) is 0 Å². The highest BCUT2D eigenvalue weighted by Gasteiger charge is 2.30. The maximum atomic E-state index is 11.8. The van der Waals surface area contributed by atoms with Gasteiger partial charge < -0.3 is 9.84 Å². The van der Waals surface area contributed by atoms with Crippen molar-refractivity contribution in [2.75, 3.05) is 32.9 Å². The molecule has 0 aromatic heterocycles. The molecule has 0 spiro atoms. The van der Waals surface area contributed by atoms with Gasteiger partial charge in [0, 0.05) is 19.2 Å². The van der Waals surface area contributed by atoms with Gasteiger partial charge in [0.25, 0.3) is 0 Å². The topological polar surface area (TPSA) is 32.7 Å². The fourth-order valence-corrected chi connectivity index (χ4v) is 2.22. The Kier molecular flexibility index (Phi) is 5.69. The summed E-state index contributed by atoms with van der Waals surface area (Å²) in [6, 6.07) is 0.151. The van der Waals surface area contributed by atoms with Crippen LogP contribution >= 0.6 is 0 Å². The average molecular weight is 255 g/mol. The van der Waals surface area contributed by atoms with Crippen molar-refractivity contribution in [3.63, 3.8) is 0 Å². The Morgan fingerprint density at radius 2 is 2.12 bits per heavy atom. The minimum absolute atomic E-state index is 0.114. The average Bonchev–Trinajstić information content (AvgIpc) is 2.57. The smallest absolute Gasteiger partial charge is 0.395 e. The van der Waals surface area contributed by atoms with Crippen LogP contribution in [-0.2, 0) is 4.74 Å². The summed E-state index contributed by atoms with van der Waals surface area (Å²) in [6.07, 6.45) is -2.64. The highest BCUT2D eigenvalue weighted by atomic mass is 19.4. The van der Waals surface area contributed by atoms with E-state index in [4.69, 9.17) is 0 Å². The zero-order chi connectivity index (χ0) is 12.9. The minimum Gasteiger partial charge on any atom is -0.395 e. The molecule has 102 valence electrons. The summed E-state index contributed by atoms with van der Waals surface area (Å²) in [7, 11) is 0. The summed E-state index contributed by atoms with van der Waals surface area (Å²) in [4.78, 5) is 2.13. The third kappa shape index (κ3) is 5.23. The molecular weight excluding hydrogens is 235 g/mol. The van der Waals surface area contributed by atoms with E-state index >= 15 is 0 Å². The van der Waals surface area contributed by atoms with Crippen LogP contribution in [0, 0.1) is 5.92 Å². The predicted octanol–water partition coefficient (Wildman–Crippen LogP) is 1.66. The van der Waals surface area contributed by atoms with Gasteiger partial charge in [0.2, 0.25) is 0 Å². The lowest BCUT2D eigenvalue weighted by atomic mass is 10.0. The van der Waals surface area contributed by atoms with Gasteiger partial charge >= 0.3 is 6.18 Å². The molecule has 0 aromatic rings. The van der Waals surface area contributed by atoms with E-state index in [-0.39, 0.29) is 19.3 Å². The van der Waals surface area contributed by atoms with E-state index in [1.807, 2.05) is 0 Å². The molecule has 1 aliphatic heterocycles. The second-order valence-corrected chi connectivity index (χ2v) is 4.57. The van der Waals surface area contributed by atoms with Crippen LogP contribution in [0.2, 0.25) is 0 Å². The lowest BCUT2D eigenvalue weighted by Gasteiger charge is -2.24. The Morgan fingerprint density at radius 3 is 2.71 bits per heavy atom. The second kappa shape index (κ2) is 6.56. The van der Waals surface area contributed by atoms with Crippen molar-refractivity contribution in [2.45, 2.75) is 32.0 Å². The van der Waals surface area contributed by atoms with E-state index < -0.39 is 12.8 Å². The summed E-state index contributed by atoms with van der Waals surface area (Å²) < 4.78 is 39.9. The molecular formula is C11H20F3NO2. The van der Waals surface area contributed by atoms with Gasteiger partial charge in [-0.3, -0.25) is 4.90 Å². The van der Waals surface area contributed by atoms with Crippen LogP contribution in [0.1, 0.15) is 19.8 Å². The number of hydrogen-bond donors (Lipinski definition) is 1. The molecule has 0 amide bonds. The third-order valence-electron chi connectivity index (χ3n) is 3.18. The van der Waals surface area contributed by atoms with Gasteiger partial charge in [-0.05, 0) is 25.3 Å². The fraction of sp³-hybridized carbons (Fsp3) is 1.00. The number of aliphatic hydroxyl groups is 1. The molecule has 1 aliphatic rings. The van der Waals surface area contributed by atoms with Crippen molar-refractivity contribution in [3.8, 4) is 0 Å². The molecule has 6 heteroatoms. The SMILES string of the molecule is CC1CCN(CCCOCC(F)(F)F)C1CO. The largest absolute Gasteiger partial charge is 0.411 e. The number of ether oxygens (including phenoxy) is 1. The van der Waals surface area contributed by atoms with Gasteiger partial charge in [-0.25, -0.2) is 0 Å². The minimum atomic E-state index is -4.24. The van der Waals surface area contributed by atoms with Crippen LogP contribution in [0.25, 0.3) is 0 Å². The number of rotatable bonds is 6. The highest BCUT2D eigenvalue weighted by Crippen LogP contribution is 2.23. The zero-order valence-corrected chi connectivity index (χ0v) is 10.0. The molecule has 2 unspecified atom stereocenters. The molecule has 1 rings (SSSR count). The van der Waals surface area contributed by atoms with Gasteiger partial charge in [0.05, 0.1) is 6.61 Å². The zero-order valence-electron chi connectivity index (χ0n) is 10.0. The van der Waals surface area contributed by atoms with Gasteiger partial charge in [-0.1, -0.05) is 6.92 Å². The highest BCUT2D eigenvalue weighted by molar-refractivity contribution is 4.83. The standard InChI is InChI=1S/C11H20F3NO2/c1-9-3-5-15(10(9)7-16)4-2-6-17-8-11(12,13)14/h9-10,16H,2-8H2,1H3. The van der Waals surface area contributed by atoms with E-state index in [0.29, 0.717) is 18.9 Å². The lowest BCUT2D eigenvalue weighted by molar-refractivity contribution is -0.174. The first-order valence-corrected chi connectivity index (χ1v) is 5.93. The van der Waals surface area contributed by atoms with Gasteiger partial charge in [-0.2, -0.15) is 13.2 Å². The normalized spacial score (nSPS) is 26.6. The number of likely N-dealkylation sites (tertiary alicyclic amines) is 1. The van der Waals surface area contributed by atoms with Crippen molar-refractivity contribution in [1.82, 2.24) is 4.90 Å². The van der Waals surface area contributed by atoms with E-state index in [9.17, 15) is 18.3 Å². The van der Waals surface area contributed by atoms with E-state index in [0.717, 1.165) is 13.0 Å². The van der Waals surface area contributed by atoms with Crippen molar-refractivity contribution in [1.29, 1.82) is 0 Å². The number of nitrogens with zero attached hydrogens (tertiary/aromatic N) is 1. The molecule has 3 nitrogen and oxygen atoms in total. The van der Waals surface area contributed by atoms with Gasteiger partial charge in [-0.15, -0.1) is 0 Å². The molecule has 1 N–H and O–H groups in total. The van der Waals surface area contributed by atoms with Crippen LogP contribution < -0.4 is 0 Å². The van der Waals surface area contributed by atoms with Crippen LogP contribution in [0.4, 0.5) is 13.2 Å². The predicted molar refractivity (Wildman–Crippen MR) is 57.7 cm³/mol. The molecule has 0 aliphatic carbocycles. The Morgan fingerprint density at radius 1 is 1.41 bits per heavy atom. The molecule has 0 aromatic carbocycles. The fourth-order valence-electron chi connectivity index (χ4n) is 2.22. The van der Waals surface area contributed by atoms with Crippen LogP contribution in [-0.4, -0.2) is 55.1 Å². The molecule has 17 heavy (non-hydrogen) atoms. The molecule has 0 radical (unpaired) electrons. The lowest BCUT2D eigenvalue weighted by Crippen LogP contribution is -2.36. The first-order valence-electron chi connectivity index (χ1n) is 5.93. The monoisotopic (exact) mass is 255 g/mol. The number of hydrogen-bond acceptors (Lipinski definition) is 3. The summed E-state index contributed by atoms with van der Waals surface area (Å²) in [5, 5.41) is 9.19. The van der Waals surface area contributed by atoms with E-state index in [1.54, 1.807) is 0 Å². The second-order valence-electron chi connectivity index (χ2n) is 4.57. The van der Waals surface area contributed by atoms with Crippen LogP contribution in [0.3, 0.4) is 0 Å². The Labute approximate surface area is 99.5 Å².